The first-order valence-electron chi connectivity index (χ1n) is 8.73. The van der Waals surface area contributed by atoms with Gasteiger partial charge in [-0.1, -0.05) is 6.07 Å². The van der Waals surface area contributed by atoms with Crippen molar-refractivity contribution in [2.24, 2.45) is 0 Å². The number of rotatable bonds is 8. The second-order valence-electron chi connectivity index (χ2n) is 6.75. The van der Waals surface area contributed by atoms with Crippen LogP contribution in [0.4, 0.5) is 0 Å². The molecule has 0 amide bonds. The van der Waals surface area contributed by atoms with E-state index in [9.17, 15) is 20.1 Å². The second kappa shape index (κ2) is 9.34. The van der Waals surface area contributed by atoms with Crippen LogP contribution in [0.3, 0.4) is 0 Å². The van der Waals surface area contributed by atoms with E-state index in [1.807, 2.05) is 7.05 Å². The van der Waals surface area contributed by atoms with Gasteiger partial charge in [-0.15, -0.1) is 0 Å². The third kappa shape index (κ3) is 5.53. The number of ether oxygens (including phenoxy) is 3. The highest BCUT2D eigenvalue weighted by Crippen LogP contribution is 2.26. The average molecular weight is 385 g/mol. The van der Waals surface area contributed by atoms with Gasteiger partial charge in [0.1, 0.15) is 36.4 Å². The molecule has 1 aromatic carbocycles. The fourth-order valence-corrected chi connectivity index (χ4v) is 2.49. The quantitative estimate of drug-likeness (QED) is 0.476. The molecule has 2 rings (SSSR count). The summed E-state index contributed by atoms with van der Waals surface area (Å²) in [5.41, 5.74) is 0. The van der Waals surface area contributed by atoms with Crippen molar-refractivity contribution in [2.75, 3.05) is 20.2 Å². The number of hydrogen-bond acceptors (Lipinski definition) is 8. The largest absolute Gasteiger partial charge is 0.492 e. The summed E-state index contributed by atoms with van der Waals surface area (Å²) in [5.74, 6) is -0.666. The van der Waals surface area contributed by atoms with Gasteiger partial charge in [-0.25, -0.2) is 4.79 Å². The van der Waals surface area contributed by atoms with E-state index in [1.54, 1.807) is 24.3 Å². The van der Waals surface area contributed by atoms with Crippen LogP contribution in [0.25, 0.3) is 0 Å². The zero-order valence-electron chi connectivity index (χ0n) is 15.6. The first-order valence-corrected chi connectivity index (χ1v) is 8.73. The molecule has 0 saturated carbocycles. The van der Waals surface area contributed by atoms with Gasteiger partial charge in [-0.3, -0.25) is 0 Å². The zero-order chi connectivity index (χ0) is 20.1. The summed E-state index contributed by atoms with van der Waals surface area (Å²) in [4.78, 5) is 13.3. The minimum Gasteiger partial charge on any atom is -0.492 e. The Labute approximate surface area is 157 Å². The molecular weight excluding hydrogens is 358 g/mol. The molecule has 0 unspecified atom stereocenters. The van der Waals surface area contributed by atoms with E-state index in [2.05, 4.69) is 18.7 Å². The number of benzene rings is 1. The van der Waals surface area contributed by atoms with Crippen LogP contribution in [0, 0.1) is 0 Å². The van der Waals surface area contributed by atoms with E-state index >= 15 is 0 Å². The molecule has 0 bridgehead atoms. The molecule has 27 heavy (non-hydrogen) atoms. The standard InChI is InChI=1S/C18H27NO8/c1-10(2)19(3)7-8-25-11-5-4-6-12(9-11)26-18-15(22)13(20)14(21)16(27-18)17(23)24/h4-6,9-10,13-16,18,20-22H,7-8H2,1-3H3,(H,23,24)/t13-,14-,15+,16-,18+/m0/s1. The second-order valence-corrected chi connectivity index (χ2v) is 6.75. The van der Waals surface area contributed by atoms with Crippen molar-refractivity contribution in [1.29, 1.82) is 0 Å². The smallest absolute Gasteiger partial charge is 0.335 e. The zero-order valence-corrected chi connectivity index (χ0v) is 15.6. The highest BCUT2D eigenvalue weighted by atomic mass is 16.7. The Balaban J connectivity index is 1.99. The van der Waals surface area contributed by atoms with E-state index in [-0.39, 0.29) is 5.75 Å². The summed E-state index contributed by atoms with van der Waals surface area (Å²) < 4.78 is 16.2. The molecular formula is C18H27NO8. The van der Waals surface area contributed by atoms with Gasteiger partial charge in [0.05, 0.1) is 0 Å². The van der Waals surface area contributed by atoms with Gasteiger partial charge in [0.25, 0.3) is 0 Å². The molecule has 1 fully saturated rings. The monoisotopic (exact) mass is 385 g/mol. The number of aliphatic hydroxyl groups is 3. The summed E-state index contributed by atoms with van der Waals surface area (Å²) in [5, 5.41) is 38.6. The summed E-state index contributed by atoms with van der Waals surface area (Å²) in [6.07, 6.45) is -8.24. The molecule has 0 spiro atoms. The molecule has 9 nitrogen and oxygen atoms in total. The van der Waals surface area contributed by atoms with Crippen molar-refractivity contribution < 1.29 is 39.4 Å². The van der Waals surface area contributed by atoms with E-state index in [1.165, 1.54) is 0 Å². The molecule has 0 radical (unpaired) electrons. The van der Waals surface area contributed by atoms with E-state index in [4.69, 9.17) is 19.3 Å². The maximum atomic E-state index is 11.1. The molecule has 5 atom stereocenters. The lowest BCUT2D eigenvalue weighted by Crippen LogP contribution is -2.61. The van der Waals surface area contributed by atoms with Gasteiger partial charge >= 0.3 is 5.97 Å². The number of carbonyl (C=O) groups is 1. The Hall–Kier alpha value is -1.91. The number of carboxylic acid groups (broad SMARTS) is 1. The predicted molar refractivity (Wildman–Crippen MR) is 94.6 cm³/mol. The van der Waals surface area contributed by atoms with Crippen molar-refractivity contribution in [2.45, 2.75) is 50.6 Å². The molecule has 0 aromatic heterocycles. The maximum absolute atomic E-state index is 11.1. The number of likely N-dealkylation sites (N-methyl/N-ethyl adjacent to an activating group) is 1. The summed E-state index contributed by atoms with van der Waals surface area (Å²) in [7, 11) is 1.99. The maximum Gasteiger partial charge on any atom is 0.335 e. The van der Waals surface area contributed by atoms with Gasteiger partial charge in [0.15, 0.2) is 6.10 Å². The van der Waals surface area contributed by atoms with Gasteiger partial charge in [0, 0.05) is 18.7 Å². The van der Waals surface area contributed by atoms with Crippen LogP contribution < -0.4 is 9.47 Å². The molecule has 152 valence electrons. The van der Waals surface area contributed by atoms with Gasteiger partial charge in [0.2, 0.25) is 6.29 Å². The first-order chi connectivity index (χ1) is 12.7. The lowest BCUT2D eigenvalue weighted by molar-refractivity contribution is -0.271. The van der Waals surface area contributed by atoms with Crippen molar-refractivity contribution >= 4 is 5.97 Å². The highest BCUT2D eigenvalue weighted by Gasteiger charge is 2.48. The number of hydrogen-bond donors (Lipinski definition) is 4. The lowest BCUT2D eigenvalue weighted by atomic mass is 9.99. The van der Waals surface area contributed by atoms with Crippen LogP contribution in [0.15, 0.2) is 24.3 Å². The topological polar surface area (TPSA) is 129 Å². The van der Waals surface area contributed by atoms with Crippen molar-refractivity contribution in [3.8, 4) is 11.5 Å². The Morgan fingerprint density at radius 1 is 1.19 bits per heavy atom. The van der Waals surface area contributed by atoms with E-state index in [0.717, 1.165) is 6.54 Å². The number of carboxylic acids is 1. The van der Waals surface area contributed by atoms with Gasteiger partial charge in [-0.05, 0) is 33.0 Å². The third-order valence-corrected chi connectivity index (χ3v) is 4.46. The number of aliphatic carboxylic acids is 1. The molecule has 1 heterocycles. The molecule has 1 saturated heterocycles. The number of nitrogens with zero attached hydrogens (tertiary/aromatic N) is 1. The third-order valence-electron chi connectivity index (χ3n) is 4.46. The first kappa shape index (κ1) is 21.4. The minimum absolute atomic E-state index is 0.265. The van der Waals surface area contributed by atoms with Gasteiger partial charge < -0.3 is 39.5 Å². The molecule has 1 aliphatic rings. The Bertz CT molecular complexity index is 625. The van der Waals surface area contributed by atoms with Crippen molar-refractivity contribution in [3.63, 3.8) is 0 Å². The molecule has 1 aliphatic heterocycles. The average Bonchev–Trinajstić information content (AvgIpc) is 2.62. The predicted octanol–water partition coefficient (Wildman–Crippen LogP) is -0.323. The Morgan fingerprint density at radius 3 is 2.48 bits per heavy atom. The molecule has 0 aliphatic carbocycles. The van der Waals surface area contributed by atoms with E-state index in [0.29, 0.717) is 18.4 Å². The number of aliphatic hydroxyl groups excluding tert-OH is 3. The van der Waals surface area contributed by atoms with Crippen LogP contribution in [-0.4, -0.2) is 88.2 Å². The Morgan fingerprint density at radius 2 is 1.85 bits per heavy atom. The molecule has 4 N–H and O–H groups in total. The summed E-state index contributed by atoms with van der Waals surface area (Å²) in [6.45, 7) is 5.36. The fraction of sp³-hybridized carbons (Fsp3) is 0.611. The molecule has 1 aromatic rings. The fourth-order valence-electron chi connectivity index (χ4n) is 2.49. The van der Waals surface area contributed by atoms with E-state index < -0.39 is 36.7 Å². The molecule has 9 heteroatoms. The normalized spacial score (nSPS) is 28.4. The minimum atomic E-state index is -1.76. The van der Waals surface area contributed by atoms with Crippen LogP contribution in [0.5, 0.6) is 11.5 Å². The SMILES string of the molecule is CC(C)N(C)CCOc1cccc(O[C@@H]2O[C@H](C(=O)O)[C@@H](O)[C@H](O)[C@H]2O)c1. The van der Waals surface area contributed by atoms with Crippen LogP contribution in [-0.2, 0) is 9.53 Å². The highest BCUT2D eigenvalue weighted by molar-refractivity contribution is 5.73. The van der Waals surface area contributed by atoms with Crippen molar-refractivity contribution in [1.82, 2.24) is 4.90 Å². The lowest BCUT2D eigenvalue weighted by Gasteiger charge is -2.38. The summed E-state index contributed by atoms with van der Waals surface area (Å²) >= 11 is 0. The Kier molecular flexibility index (Phi) is 7.40. The van der Waals surface area contributed by atoms with Crippen LogP contribution in [0.1, 0.15) is 13.8 Å². The van der Waals surface area contributed by atoms with Crippen LogP contribution in [0.2, 0.25) is 0 Å². The van der Waals surface area contributed by atoms with Gasteiger partial charge in [-0.2, -0.15) is 0 Å². The van der Waals surface area contributed by atoms with Crippen molar-refractivity contribution in [3.05, 3.63) is 24.3 Å². The summed E-state index contributed by atoms with van der Waals surface area (Å²) in [6, 6.07) is 6.96. The van der Waals surface area contributed by atoms with Crippen LogP contribution >= 0.6 is 0 Å².